The second-order valence-corrected chi connectivity index (χ2v) is 8.86. The highest BCUT2D eigenvalue weighted by Crippen LogP contribution is 2.25. The quantitative estimate of drug-likeness (QED) is 0.708. The molecule has 0 aromatic heterocycles. The molecule has 2 aromatic carbocycles. The Hall–Kier alpha value is -3.42. The number of nitrogens with zero attached hydrogens (tertiary/aromatic N) is 2. The van der Waals surface area contributed by atoms with E-state index >= 15 is 0 Å². The fraction of sp³-hybridized carbons (Fsp3) is 0.423. The Morgan fingerprint density at radius 1 is 0.941 bits per heavy atom. The highest BCUT2D eigenvalue weighted by molar-refractivity contribution is 5.98. The van der Waals surface area contributed by atoms with Gasteiger partial charge in [0.15, 0.2) is 0 Å². The van der Waals surface area contributed by atoms with E-state index in [-0.39, 0.29) is 23.6 Å². The molecule has 2 aliphatic rings. The molecule has 34 heavy (non-hydrogen) atoms. The molecule has 1 N–H and O–H groups in total. The second kappa shape index (κ2) is 10.7. The van der Waals surface area contributed by atoms with Crippen LogP contribution in [0.25, 0.3) is 0 Å². The number of ether oxygens (including phenoxy) is 1. The van der Waals surface area contributed by atoms with Gasteiger partial charge in [-0.3, -0.25) is 14.4 Å². The standard InChI is InChI=1S/C26H30FN3O4/c1-34-22-9-5-6-19(17-22)24(31)28-23(26(33)29-12-2-3-13-29)18-10-14-30(15-11-18)25(32)20-7-4-8-21(27)16-20/h4-9,16-18,23H,2-3,10-15H2,1H3,(H,28,31). The van der Waals surface area contributed by atoms with Crippen LogP contribution >= 0.6 is 0 Å². The third-order valence-electron chi connectivity index (χ3n) is 6.67. The van der Waals surface area contributed by atoms with Crippen molar-refractivity contribution in [1.29, 1.82) is 0 Å². The summed E-state index contributed by atoms with van der Waals surface area (Å²) in [5.74, 6) is -0.588. The first-order chi connectivity index (χ1) is 16.5. The molecule has 0 aliphatic carbocycles. The number of piperidine rings is 1. The highest BCUT2D eigenvalue weighted by Gasteiger charge is 2.37. The maximum atomic E-state index is 13.5. The van der Waals surface area contributed by atoms with Crippen molar-refractivity contribution in [1.82, 2.24) is 15.1 Å². The Balaban J connectivity index is 1.46. The van der Waals surface area contributed by atoms with Gasteiger partial charge in [0, 0.05) is 37.3 Å². The van der Waals surface area contributed by atoms with Crippen LogP contribution in [0.2, 0.25) is 0 Å². The molecule has 2 fully saturated rings. The van der Waals surface area contributed by atoms with Crippen LogP contribution in [0.1, 0.15) is 46.4 Å². The third kappa shape index (κ3) is 5.38. The molecule has 2 heterocycles. The van der Waals surface area contributed by atoms with E-state index in [0.717, 1.165) is 12.8 Å². The monoisotopic (exact) mass is 467 g/mol. The van der Waals surface area contributed by atoms with Crippen molar-refractivity contribution in [3.8, 4) is 5.75 Å². The molecule has 4 rings (SSSR count). The van der Waals surface area contributed by atoms with Gasteiger partial charge in [0.2, 0.25) is 5.91 Å². The van der Waals surface area contributed by atoms with E-state index in [9.17, 15) is 18.8 Å². The zero-order valence-corrected chi connectivity index (χ0v) is 19.3. The van der Waals surface area contributed by atoms with Gasteiger partial charge in [0.05, 0.1) is 7.11 Å². The van der Waals surface area contributed by atoms with Crippen LogP contribution in [0.5, 0.6) is 5.75 Å². The lowest BCUT2D eigenvalue weighted by atomic mass is 9.88. The molecule has 0 bridgehead atoms. The number of carbonyl (C=O) groups is 3. The molecule has 180 valence electrons. The number of benzene rings is 2. The third-order valence-corrected chi connectivity index (χ3v) is 6.67. The lowest BCUT2D eigenvalue weighted by molar-refractivity contribution is -0.134. The molecular formula is C26H30FN3O4. The summed E-state index contributed by atoms with van der Waals surface area (Å²) < 4.78 is 18.8. The molecule has 0 radical (unpaired) electrons. The van der Waals surface area contributed by atoms with E-state index in [2.05, 4.69) is 5.32 Å². The smallest absolute Gasteiger partial charge is 0.253 e. The van der Waals surface area contributed by atoms with E-state index in [1.165, 1.54) is 25.3 Å². The Morgan fingerprint density at radius 3 is 2.29 bits per heavy atom. The van der Waals surface area contributed by atoms with E-state index in [4.69, 9.17) is 4.74 Å². The number of nitrogens with one attached hydrogen (secondary N) is 1. The van der Waals surface area contributed by atoms with Crippen molar-refractivity contribution < 1.29 is 23.5 Å². The summed E-state index contributed by atoms with van der Waals surface area (Å²) in [4.78, 5) is 42.7. The first-order valence-corrected chi connectivity index (χ1v) is 11.7. The number of hydrogen-bond donors (Lipinski definition) is 1. The maximum absolute atomic E-state index is 13.5. The molecule has 2 aromatic rings. The van der Waals surface area contributed by atoms with E-state index in [1.54, 1.807) is 35.2 Å². The average molecular weight is 468 g/mol. The van der Waals surface area contributed by atoms with Gasteiger partial charge in [-0.05, 0) is 68.0 Å². The molecule has 2 saturated heterocycles. The Kier molecular flexibility index (Phi) is 7.45. The molecule has 8 heteroatoms. The Labute approximate surface area is 198 Å². The van der Waals surface area contributed by atoms with Gasteiger partial charge < -0.3 is 19.9 Å². The van der Waals surface area contributed by atoms with Crippen LogP contribution in [0.15, 0.2) is 48.5 Å². The number of amides is 3. The van der Waals surface area contributed by atoms with Gasteiger partial charge in [-0.2, -0.15) is 0 Å². The topological polar surface area (TPSA) is 79.0 Å². The van der Waals surface area contributed by atoms with E-state index in [1.807, 2.05) is 4.90 Å². The highest BCUT2D eigenvalue weighted by atomic mass is 19.1. The summed E-state index contributed by atoms with van der Waals surface area (Å²) in [7, 11) is 1.54. The molecule has 0 spiro atoms. The van der Waals surface area contributed by atoms with Crippen LogP contribution in [-0.4, -0.2) is 66.9 Å². The van der Waals surface area contributed by atoms with Crippen LogP contribution in [0.3, 0.4) is 0 Å². The fourth-order valence-electron chi connectivity index (χ4n) is 4.74. The van der Waals surface area contributed by atoms with Gasteiger partial charge in [-0.1, -0.05) is 12.1 Å². The van der Waals surface area contributed by atoms with Gasteiger partial charge in [0.1, 0.15) is 17.6 Å². The normalized spacial score (nSPS) is 17.4. The number of methoxy groups -OCH3 is 1. The van der Waals surface area contributed by atoms with Crippen LogP contribution in [-0.2, 0) is 4.79 Å². The summed E-state index contributed by atoms with van der Waals surface area (Å²) >= 11 is 0. The number of carbonyl (C=O) groups excluding carboxylic acids is 3. The van der Waals surface area contributed by atoms with Crippen LogP contribution in [0.4, 0.5) is 4.39 Å². The summed E-state index contributed by atoms with van der Waals surface area (Å²) in [6, 6.07) is 11.8. The first kappa shape index (κ1) is 23.7. The Bertz CT molecular complexity index is 1050. The second-order valence-electron chi connectivity index (χ2n) is 8.86. The molecule has 0 saturated carbocycles. The number of halogens is 1. The van der Waals surface area contributed by atoms with Gasteiger partial charge in [-0.25, -0.2) is 4.39 Å². The molecule has 1 unspecified atom stereocenters. The minimum Gasteiger partial charge on any atom is -0.497 e. The van der Waals surface area contributed by atoms with Crippen LogP contribution < -0.4 is 10.1 Å². The number of rotatable bonds is 6. The average Bonchev–Trinajstić information content (AvgIpc) is 3.42. The van der Waals surface area contributed by atoms with Crippen LogP contribution in [0, 0.1) is 11.7 Å². The van der Waals surface area contributed by atoms with Crippen molar-refractivity contribution in [2.45, 2.75) is 31.7 Å². The van der Waals surface area contributed by atoms with Gasteiger partial charge in [-0.15, -0.1) is 0 Å². The van der Waals surface area contributed by atoms with Crippen molar-refractivity contribution in [3.63, 3.8) is 0 Å². The predicted molar refractivity (Wildman–Crippen MR) is 125 cm³/mol. The maximum Gasteiger partial charge on any atom is 0.253 e. The van der Waals surface area contributed by atoms with Gasteiger partial charge in [0.25, 0.3) is 11.8 Å². The molecule has 2 aliphatic heterocycles. The van der Waals surface area contributed by atoms with Crippen molar-refractivity contribution in [3.05, 3.63) is 65.5 Å². The van der Waals surface area contributed by atoms with E-state index in [0.29, 0.717) is 55.9 Å². The number of hydrogen-bond acceptors (Lipinski definition) is 4. The van der Waals surface area contributed by atoms with Crippen molar-refractivity contribution in [2.75, 3.05) is 33.3 Å². The zero-order valence-electron chi connectivity index (χ0n) is 19.3. The molecule has 7 nitrogen and oxygen atoms in total. The minimum absolute atomic E-state index is 0.0661. The summed E-state index contributed by atoms with van der Waals surface area (Å²) in [6.45, 7) is 2.28. The predicted octanol–water partition coefficient (Wildman–Crippen LogP) is 3.11. The number of likely N-dealkylation sites (tertiary alicyclic amines) is 2. The van der Waals surface area contributed by atoms with Crippen molar-refractivity contribution >= 4 is 17.7 Å². The summed E-state index contributed by atoms with van der Waals surface area (Å²) in [6.07, 6.45) is 3.07. The summed E-state index contributed by atoms with van der Waals surface area (Å²) in [5.41, 5.74) is 0.742. The van der Waals surface area contributed by atoms with E-state index < -0.39 is 11.9 Å². The zero-order chi connectivity index (χ0) is 24.1. The van der Waals surface area contributed by atoms with Crippen molar-refractivity contribution in [2.24, 2.45) is 5.92 Å². The Morgan fingerprint density at radius 2 is 1.62 bits per heavy atom. The molecular weight excluding hydrogens is 437 g/mol. The molecule has 1 atom stereocenters. The lowest BCUT2D eigenvalue weighted by Gasteiger charge is -2.37. The minimum atomic E-state index is -0.664. The molecule has 3 amide bonds. The fourth-order valence-corrected chi connectivity index (χ4v) is 4.74. The largest absolute Gasteiger partial charge is 0.497 e. The first-order valence-electron chi connectivity index (χ1n) is 11.7. The lowest BCUT2D eigenvalue weighted by Crippen LogP contribution is -2.54. The SMILES string of the molecule is COc1cccc(C(=O)NC(C(=O)N2CCCC2)C2CCN(C(=O)c3cccc(F)c3)CC2)c1. The van der Waals surface area contributed by atoms with Gasteiger partial charge >= 0.3 is 0 Å². The summed E-state index contributed by atoms with van der Waals surface area (Å²) in [5, 5.41) is 2.98.